The van der Waals surface area contributed by atoms with Crippen molar-refractivity contribution in [3.8, 4) is 0 Å². The largest absolute Gasteiger partial charge is 0.353 e. The van der Waals surface area contributed by atoms with Crippen molar-refractivity contribution in [2.45, 2.75) is 51.1 Å². The SMILES string of the molecule is O=C([C@@H]1CCCN(C2CCCC2)C1)N1CCN(CCn2cccc2)CC1. The van der Waals surface area contributed by atoms with E-state index in [9.17, 15) is 4.79 Å². The Morgan fingerprint density at radius 3 is 2.31 bits per heavy atom. The molecule has 1 aromatic heterocycles. The third kappa shape index (κ3) is 4.32. The van der Waals surface area contributed by atoms with E-state index < -0.39 is 0 Å². The zero-order chi connectivity index (χ0) is 17.8. The molecule has 0 spiro atoms. The Kier molecular flexibility index (Phi) is 5.95. The van der Waals surface area contributed by atoms with E-state index in [0.29, 0.717) is 5.91 Å². The van der Waals surface area contributed by atoms with Crippen LogP contribution in [-0.4, -0.2) is 77.0 Å². The molecule has 2 saturated heterocycles. The van der Waals surface area contributed by atoms with E-state index in [1.165, 1.54) is 38.6 Å². The second-order valence-corrected chi connectivity index (χ2v) is 8.36. The van der Waals surface area contributed by atoms with Gasteiger partial charge >= 0.3 is 0 Å². The zero-order valence-corrected chi connectivity index (χ0v) is 16.1. The summed E-state index contributed by atoms with van der Waals surface area (Å²) in [5, 5.41) is 0. The lowest BCUT2D eigenvalue weighted by Gasteiger charge is -2.40. The van der Waals surface area contributed by atoms with Crippen molar-refractivity contribution in [2.24, 2.45) is 5.92 Å². The Labute approximate surface area is 157 Å². The van der Waals surface area contributed by atoms with Gasteiger partial charge in [-0.1, -0.05) is 12.8 Å². The molecule has 3 heterocycles. The Morgan fingerprint density at radius 1 is 0.846 bits per heavy atom. The summed E-state index contributed by atoms with van der Waals surface area (Å²) in [6.45, 7) is 8.20. The van der Waals surface area contributed by atoms with Gasteiger partial charge in [-0.05, 0) is 44.4 Å². The van der Waals surface area contributed by atoms with Gasteiger partial charge in [0.25, 0.3) is 0 Å². The van der Waals surface area contributed by atoms with E-state index in [2.05, 4.69) is 43.8 Å². The number of nitrogens with zero attached hydrogens (tertiary/aromatic N) is 4. The highest BCUT2D eigenvalue weighted by Gasteiger charge is 2.33. The fourth-order valence-corrected chi connectivity index (χ4v) is 5.04. The average Bonchev–Trinajstić information content (AvgIpc) is 3.40. The Bertz CT molecular complexity index is 559. The number of aromatic nitrogens is 1. The maximum atomic E-state index is 13.0. The van der Waals surface area contributed by atoms with Crippen molar-refractivity contribution >= 4 is 5.91 Å². The maximum Gasteiger partial charge on any atom is 0.227 e. The van der Waals surface area contributed by atoms with Gasteiger partial charge in [0.05, 0.1) is 5.92 Å². The van der Waals surface area contributed by atoms with Gasteiger partial charge in [-0.25, -0.2) is 0 Å². The minimum Gasteiger partial charge on any atom is -0.353 e. The summed E-state index contributed by atoms with van der Waals surface area (Å²) in [6.07, 6.45) is 12.0. The smallest absolute Gasteiger partial charge is 0.227 e. The average molecular weight is 359 g/mol. The number of hydrogen-bond acceptors (Lipinski definition) is 3. The van der Waals surface area contributed by atoms with E-state index in [1.807, 2.05) is 0 Å². The summed E-state index contributed by atoms with van der Waals surface area (Å²) in [7, 11) is 0. The van der Waals surface area contributed by atoms with Crippen LogP contribution in [-0.2, 0) is 11.3 Å². The molecule has 1 saturated carbocycles. The number of rotatable bonds is 5. The predicted molar refractivity (Wildman–Crippen MR) is 104 cm³/mol. The minimum absolute atomic E-state index is 0.246. The lowest BCUT2D eigenvalue weighted by Crippen LogP contribution is -2.53. The summed E-state index contributed by atoms with van der Waals surface area (Å²) in [5.74, 6) is 0.675. The third-order valence-electron chi connectivity index (χ3n) is 6.67. The number of hydrogen-bond donors (Lipinski definition) is 0. The Hall–Kier alpha value is -1.33. The number of likely N-dealkylation sites (tertiary alicyclic amines) is 1. The van der Waals surface area contributed by atoms with Crippen LogP contribution in [0.2, 0.25) is 0 Å². The second-order valence-electron chi connectivity index (χ2n) is 8.36. The summed E-state index contributed by atoms with van der Waals surface area (Å²) < 4.78 is 2.23. The molecule has 1 amide bonds. The molecule has 4 rings (SSSR count). The summed E-state index contributed by atoms with van der Waals surface area (Å²) in [5.41, 5.74) is 0. The molecule has 1 atom stereocenters. The summed E-state index contributed by atoms with van der Waals surface area (Å²) in [6, 6.07) is 4.92. The van der Waals surface area contributed by atoms with Gasteiger partial charge in [0.2, 0.25) is 5.91 Å². The van der Waals surface area contributed by atoms with Crippen LogP contribution in [0.3, 0.4) is 0 Å². The normalized spacial score (nSPS) is 26.5. The lowest BCUT2D eigenvalue weighted by atomic mass is 9.94. The first kappa shape index (κ1) is 18.1. The molecule has 2 aliphatic heterocycles. The highest BCUT2D eigenvalue weighted by molar-refractivity contribution is 5.79. The molecule has 0 bridgehead atoms. The number of carbonyl (C=O) groups is 1. The first-order valence-electron chi connectivity index (χ1n) is 10.7. The topological polar surface area (TPSA) is 31.7 Å². The monoisotopic (exact) mass is 358 g/mol. The fraction of sp³-hybridized carbons (Fsp3) is 0.762. The van der Waals surface area contributed by atoms with E-state index >= 15 is 0 Å². The molecule has 144 valence electrons. The van der Waals surface area contributed by atoms with E-state index in [1.54, 1.807) is 0 Å². The van der Waals surface area contributed by atoms with Crippen LogP contribution in [0.4, 0.5) is 0 Å². The first-order chi connectivity index (χ1) is 12.8. The van der Waals surface area contributed by atoms with Crippen molar-refractivity contribution in [1.29, 1.82) is 0 Å². The van der Waals surface area contributed by atoms with Gasteiger partial charge in [-0.15, -0.1) is 0 Å². The number of piperidine rings is 1. The second kappa shape index (κ2) is 8.57. The van der Waals surface area contributed by atoms with E-state index in [0.717, 1.165) is 58.3 Å². The number of piperazine rings is 1. The first-order valence-corrected chi connectivity index (χ1v) is 10.7. The van der Waals surface area contributed by atoms with Gasteiger partial charge < -0.3 is 9.47 Å². The molecule has 5 heteroatoms. The molecule has 3 fully saturated rings. The van der Waals surface area contributed by atoms with Crippen LogP contribution in [0.25, 0.3) is 0 Å². The predicted octanol–water partition coefficient (Wildman–Crippen LogP) is 2.29. The quantitative estimate of drug-likeness (QED) is 0.809. The molecule has 1 aromatic rings. The molecule has 0 aromatic carbocycles. The number of amides is 1. The standard InChI is InChI=1S/C21H34N4O/c26-21(19-6-5-11-25(18-19)20-7-1-2-8-20)24-16-14-23(15-17-24)13-12-22-9-3-4-10-22/h3-4,9-10,19-20H,1-2,5-8,11-18H2/t19-/m1/s1. The Balaban J connectivity index is 1.22. The van der Waals surface area contributed by atoms with Gasteiger partial charge in [0, 0.05) is 64.2 Å². The molecular weight excluding hydrogens is 324 g/mol. The van der Waals surface area contributed by atoms with Gasteiger partial charge in [-0.2, -0.15) is 0 Å². The maximum absolute atomic E-state index is 13.0. The molecule has 0 N–H and O–H groups in total. The van der Waals surface area contributed by atoms with Crippen molar-refractivity contribution < 1.29 is 4.79 Å². The van der Waals surface area contributed by atoms with Crippen LogP contribution < -0.4 is 0 Å². The van der Waals surface area contributed by atoms with Crippen LogP contribution in [0.5, 0.6) is 0 Å². The molecule has 1 aliphatic carbocycles. The van der Waals surface area contributed by atoms with Crippen molar-refractivity contribution in [2.75, 3.05) is 45.8 Å². The molecule has 26 heavy (non-hydrogen) atoms. The van der Waals surface area contributed by atoms with Gasteiger partial charge in [0.15, 0.2) is 0 Å². The summed E-state index contributed by atoms with van der Waals surface area (Å²) >= 11 is 0. The molecular formula is C21H34N4O. The van der Waals surface area contributed by atoms with Crippen molar-refractivity contribution in [1.82, 2.24) is 19.3 Å². The van der Waals surface area contributed by atoms with Crippen LogP contribution >= 0.6 is 0 Å². The van der Waals surface area contributed by atoms with Crippen LogP contribution in [0.15, 0.2) is 24.5 Å². The van der Waals surface area contributed by atoms with E-state index in [4.69, 9.17) is 0 Å². The van der Waals surface area contributed by atoms with Gasteiger partial charge in [0.1, 0.15) is 0 Å². The molecule has 5 nitrogen and oxygen atoms in total. The molecule has 0 radical (unpaired) electrons. The zero-order valence-electron chi connectivity index (χ0n) is 16.1. The van der Waals surface area contributed by atoms with Crippen molar-refractivity contribution in [3.63, 3.8) is 0 Å². The lowest BCUT2D eigenvalue weighted by molar-refractivity contribution is -0.139. The highest BCUT2D eigenvalue weighted by Crippen LogP contribution is 2.28. The molecule has 0 unspecified atom stereocenters. The van der Waals surface area contributed by atoms with Gasteiger partial charge in [-0.3, -0.25) is 14.6 Å². The van der Waals surface area contributed by atoms with Crippen LogP contribution in [0.1, 0.15) is 38.5 Å². The van der Waals surface area contributed by atoms with Crippen LogP contribution in [0, 0.1) is 5.92 Å². The highest BCUT2D eigenvalue weighted by atomic mass is 16.2. The fourth-order valence-electron chi connectivity index (χ4n) is 5.04. The van der Waals surface area contributed by atoms with Crippen molar-refractivity contribution in [3.05, 3.63) is 24.5 Å². The summed E-state index contributed by atoms with van der Waals surface area (Å²) in [4.78, 5) is 20.3. The Morgan fingerprint density at radius 2 is 1.58 bits per heavy atom. The van der Waals surface area contributed by atoms with E-state index in [-0.39, 0.29) is 5.92 Å². The third-order valence-corrected chi connectivity index (χ3v) is 6.67. The minimum atomic E-state index is 0.246. The number of carbonyl (C=O) groups excluding carboxylic acids is 1. The molecule has 3 aliphatic rings.